The Labute approximate surface area is 135 Å². The molecule has 1 N–H and O–H groups in total. The van der Waals surface area contributed by atoms with Crippen LogP contribution in [0, 0.1) is 0 Å². The Hall–Kier alpha value is 0.100. The normalized spacial score (nSPS) is 27.0. The summed E-state index contributed by atoms with van der Waals surface area (Å²) in [5, 5.41) is 6.10. The zero-order valence-electron chi connectivity index (χ0n) is 12.3. The van der Waals surface area contributed by atoms with E-state index in [9.17, 15) is 0 Å². The Kier molecular flexibility index (Phi) is 4.86. The molecule has 1 saturated carbocycles. The number of nitrogens with zero attached hydrogens (tertiary/aromatic N) is 1. The average Bonchev–Trinajstić information content (AvgIpc) is 2.86. The van der Waals surface area contributed by atoms with E-state index in [0.717, 1.165) is 6.54 Å². The molecule has 2 heterocycles. The van der Waals surface area contributed by atoms with Crippen molar-refractivity contribution in [2.75, 3.05) is 13.1 Å². The Morgan fingerprint density at radius 2 is 2.20 bits per heavy atom. The first-order valence-corrected chi connectivity index (χ1v) is 9.61. The van der Waals surface area contributed by atoms with Crippen molar-refractivity contribution in [3.8, 4) is 0 Å². The fourth-order valence-electron chi connectivity index (χ4n) is 3.81. The molecule has 1 aromatic rings. The summed E-state index contributed by atoms with van der Waals surface area (Å²) in [5.41, 5.74) is 0.410. The Balaban J connectivity index is 1.73. The van der Waals surface area contributed by atoms with Gasteiger partial charge in [-0.15, -0.1) is 11.3 Å². The van der Waals surface area contributed by atoms with Crippen molar-refractivity contribution in [1.82, 2.24) is 10.2 Å². The molecule has 0 bridgehead atoms. The molecule has 1 aromatic heterocycles. The zero-order valence-corrected chi connectivity index (χ0v) is 14.7. The molecule has 2 nitrogen and oxygen atoms in total. The molecule has 1 aliphatic carbocycles. The summed E-state index contributed by atoms with van der Waals surface area (Å²) in [6, 6.07) is 2.87. The van der Waals surface area contributed by atoms with Crippen LogP contribution in [0.5, 0.6) is 0 Å². The minimum atomic E-state index is 0.410. The summed E-state index contributed by atoms with van der Waals surface area (Å²) in [6.45, 7) is 5.83. The van der Waals surface area contributed by atoms with Crippen molar-refractivity contribution in [2.24, 2.45) is 0 Å². The number of nitrogens with one attached hydrogen (secondary N) is 1. The second-order valence-corrected chi connectivity index (χ2v) is 8.24. The maximum absolute atomic E-state index is 3.91. The number of piperazine rings is 1. The molecule has 4 heteroatoms. The van der Waals surface area contributed by atoms with Crippen LogP contribution in [0.15, 0.2) is 15.9 Å². The third-order valence-corrected chi connectivity index (χ3v) is 6.97. The monoisotopic (exact) mass is 356 g/mol. The number of hydrogen-bond donors (Lipinski definition) is 1. The molecule has 112 valence electrons. The maximum Gasteiger partial charge on any atom is 0.0343 e. The van der Waals surface area contributed by atoms with Crippen LogP contribution in [0.2, 0.25) is 0 Å². The minimum Gasteiger partial charge on any atom is -0.308 e. The van der Waals surface area contributed by atoms with Crippen LogP contribution in [-0.4, -0.2) is 29.6 Å². The second-order valence-electron chi connectivity index (χ2n) is 6.38. The van der Waals surface area contributed by atoms with E-state index in [1.54, 1.807) is 0 Å². The van der Waals surface area contributed by atoms with Gasteiger partial charge in [-0.25, -0.2) is 0 Å². The lowest BCUT2D eigenvalue weighted by Crippen LogP contribution is -2.64. The van der Waals surface area contributed by atoms with Gasteiger partial charge in [-0.2, -0.15) is 0 Å². The van der Waals surface area contributed by atoms with Crippen LogP contribution in [0.25, 0.3) is 0 Å². The van der Waals surface area contributed by atoms with Crippen molar-refractivity contribution < 1.29 is 0 Å². The molecule has 1 aliphatic heterocycles. The van der Waals surface area contributed by atoms with Crippen molar-refractivity contribution in [1.29, 1.82) is 0 Å². The summed E-state index contributed by atoms with van der Waals surface area (Å²) >= 11 is 5.57. The quantitative estimate of drug-likeness (QED) is 0.863. The van der Waals surface area contributed by atoms with Crippen molar-refractivity contribution in [3.63, 3.8) is 0 Å². The molecule has 2 aliphatic rings. The molecule has 0 aromatic carbocycles. The van der Waals surface area contributed by atoms with Gasteiger partial charge in [0.05, 0.1) is 0 Å². The Morgan fingerprint density at radius 3 is 2.85 bits per heavy atom. The van der Waals surface area contributed by atoms with Gasteiger partial charge >= 0.3 is 0 Å². The maximum atomic E-state index is 3.91. The third-order valence-electron chi connectivity index (χ3n) is 5.05. The Morgan fingerprint density at radius 1 is 1.40 bits per heavy atom. The van der Waals surface area contributed by atoms with E-state index in [1.165, 1.54) is 61.0 Å². The molecule has 1 spiro atoms. The van der Waals surface area contributed by atoms with Crippen LogP contribution in [0.3, 0.4) is 0 Å². The van der Waals surface area contributed by atoms with E-state index in [-0.39, 0.29) is 0 Å². The van der Waals surface area contributed by atoms with Gasteiger partial charge in [-0.05, 0) is 46.6 Å². The van der Waals surface area contributed by atoms with Crippen LogP contribution in [0.4, 0.5) is 0 Å². The molecule has 0 amide bonds. The van der Waals surface area contributed by atoms with Gasteiger partial charge in [0.1, 0.15) is 0 Å². The first-order valence-electron chi connectivity index (χ1n) is 7.93. The SMILES string of the molecule is CCC1CNC2(CCCCC2)CN1Cc1sccc1Br. The van der Waals surface area contributed by atoms with Crippen LogP contribution in [0.1, 0.15) is 50.3 Å². The fraction of sp³-hybridized carbons (Fsp3) is 0.750. The van der Waals surface area contributed by atoms with E-state index in [0.29, 0.717) is 11.6 Å². The van der Waals surface area contributed by atoms with Gasteiger partial charge in [0.2, 0.25) is 0 Å². The highest BCUT2D eigenvalue weighted by Gasteiger charge is 2.39. The summed E-state index contributed by atoms with van der Waals surface area (Å²) in [5.74, 6) is 0. The summed E-state index contributed by atoms with van der Waals surface area (Å²) in [6.07, 6.45) is 8.21. The molecular weight excluding hydrogens is 332 g/mol. The summed E-state index contributed by atoms with van der Waals surface area (Å²) in [4.78, 5) is 4.22. The highest BCUT2D eigenvalue weighted by atomic mass is 79.9. The molecular formula is C16H25BrN2S. The number of thiophene rings is 1. The fourth-order valence-corrected chi connectivity index (χ4v) is 5.31. The average molecular weight is 357 g/mol. The molecule has 1 atom stereocenters. The molecule has 3 rings (SSSR count). The van der Waals surface area contributed by atoms with Crippen LogP contribution < -0.4 is 5.32 Å². The molecule has 1 saturated heterocycles. The zero-order chi connectivity index (χ0) is 14.0. The number of halogens is 1. The van der Waals surface area contributed by atoms with Crippen molar-refractivity contribution in [3.05, 3.63) is 20.8 Å². The smallest absolute Gasteiger partial charge is 0.0343 e. The van der Waals surface area contributed by atoms with Gasteiger partial charge < -0.3 is 5.32 Å². The third kappa shape index (κ3) is 3.13. The van der Waals surface area contributed by atoms with E-state index >= 15 is 0 Å². The van der Waals surface area contributed by atoms with E-state index < -0.39 is 0 Å². The van der Waals surface area contributed by atoms with Crippen LogP contribution in [-0.2, 0) is 6.54 Å². The first kappa shape index (κ1) is 15.0. The van der Waals surface area contributed by atoms with Gasteiger partial charge in [-0.3, -0.25) is 4.90 Å². The van der Waals surface area contributed by atoms with E-state index in [4.69, 9.17) is 0 Å². The van der Waals surface area contributed by atoms with Gasteiger partial charge in [0.15, 0.2) is 0 Å². The highest BCUT2D eigenvalue weighted by molar-refractivity contribution is 9.10. The van der Waals surface area contributed by atoms with Gasteiger partial charge in [-0.1, -0.05) is 26.2 Å². The Bertz CT molecular complexity index is 439. The lowest BCUT2D eigenvalue weighted by Gasteiger charge is -2.49. The topological polar surface area (TPSA) is 15.3 Å². The highest BCUT2D eigenvalue weighted by Crippen LogP contribution is 2.34. The second kappa shape index (κ2) is 6.47. The van der Waals surface area contributed by atoms with E-state index in [2.05, 4.69) is 44.5 Å². The lowest BCUT2D eigenvalue weighted by molar-refractivity contribution is 0.0490. The number of hydrogen-bond acceptors (Lipinski definition) is 3. The van der Waals surface area contributed by atoms with Gasteiger partial charge in [0, 0.05) is 40.6 Å². The largest absolute Gasteiger partial charge is 0.308 e. The standard InChI is InChI=1S/C16H25BrN2S/c1-2-13-10-18-16(7-4-3-5-8-16)12-19(13)11-15-14(17)6-9-20-15/h6,9,13,18H,2-5,7-8,10-12H2,1H3. The summed E-state index contributed by atoms with van der Waals surface area (Å²) in [7, 11) is 0. The van der Waals surface area contributed by atoms with E-state index in [1.807, 2.05) is 11.3 Å². The van der Waals surface area contributed by atoms with Crippen LogP contribution >= 0.6 is 27.3 Å². The predicted octanol–water partition coefficient (Wildman–Crippen LogP) is 4.40. The predicted molar refractivity (Wildman–Crippen MR) is 90.3 cm³/mol. The van der Waals surface area contributed by atoms with Crippen molar-refractivity contribution >= 4 is 27.3 Å². The first-order chi connectivity index (χ1) is 9.72. The summed E-state index contributed by atoms with van der Waals surface area (Å²) < 4.78 is 1.29. The molecule has 20 heavy (non-hydrogen) atoms. The van der Waals surface area contributed by atoms with Crippen molar-refractivity contribution in [2.45, 2.75) is 63.6 Å². The minimum absolute atomic E-state index is 0.410. The van der Waals surface area contributed by atoms with Gasteiger partial charge in [0.25, 0.3) is 0 Å². The molecule has 0 radical (unpaired) electrons. The lowest BCUT2D eigenvalue weighted by atomic mass is 9.79. The number of rotatable bonds is 3. The molecule has 1 unspecified atom stereocenters. The molecule has 2 fully saturated rings.